The van der Waals surface area contributed by atoms with Crippen molar-refractivity contribution in [1.82, 2.24) is 14.6 Å². The van der Waals surface area contributed by atoms with Gasteiger partial charge in [0.2, 0.25) is 0 Å². The molecule has 0 fully saturated rings. The second-order valence-electron chi connectivity index (χ2n) is 2.74. The van der Waals surface area contributed by atoms with Crippen LogP contribution in [-0.2, 0) is 0 Å². The zero-order valence-corrected chi connectivity index (χ0v) is 7.63. The van der Waals surface area contributed by atoms with Crippen molar-refractivity contribution in [3.05, 3.63) is 28.8 Å². The highest BCUT2D eigenvalue weighted by Gasteiger charge is 2.05. The summed E-state index contributed by atoms with van der Waals surface area (Å²) < 4.78 is 1.75. The maximum Gasteiger partial charge on any atom is 0.157 e. The number of aromatic nitrogens is 3. The van der Waals surface area contributed by atoms with E-state index < -0.39 is 0 Å². The van der Waals surface area contributed by atoms with E-state index in [1.165, 1.54) is 0 Å². The van der Waals surface area contributed by atoms with Crippen LogP contribution in [0.2, 0.25) is 5.15 Å². The van der Waals surface area contributed by atoms with Gasteiger partial charge in [-0.05, 0) is 25.5 Å². The van der Waals surface area contributed by atoms with Crippen molar-refractivity contribution in [2.45, 2.75) is 13.8 Å². The Balaban J connectivity index is 2.93. The van der Waals surface area contributed by atoms with Crippen LogP contribution in [0.3, 0.4) is 0 Å². The van der Waals surface area contributed by atoms with E-state index in [1.807, 2.05) is 26.1 Å². The molecule has 2 aromatic rings. The van der Waals surface area contributed by atoms with Gasteiger partial charge in [0.1, 0.15) is 11.3 Å². The lowest BCUT2D eigenvalue weighted by molar-refractivity contribution is 0.856. The van der Waals surface area contributed by atoms with Crippen LogP contribution in [0.25, 0.3) is 5.52 Å². The normalized spacial score (nSPS) is 10.9. The van der Waals surface area contributed by atoms with Crippen molar-refractivity contribution in [1.29, 1.82) is 0 Å². The van der Waals surface area contributed by atoms with E-state index in [-0.39, 0.29) is 0 Å². The van der Waals surface area contributed by atoms with Gasteiger partial charge in [0.25, 0.3) is 0 Å². The van der Waals surface area contributed by atoms with E-state index in [0.717, 1.165) is 11.1 Å². The number of hydrogen-bond donors (Lipinski definition) is 0. The van der Waals surface area contributed by atoms with E-state index in [1.54, 1.807) is 4.52 Å². The van der Waals surface area contributed by atoms with E-state index in [0.29, 0.717) is 11.0 Å². The third kappa shape index (κ3) is 0.975. The highest BCUT2D eigenvalue weighted by Crippen LogP contribution is 2.18. The Bertz CT molecular complexity index is 433. The number of fused-ring (bicyclic) bond motifs is 1. The second-order valence-corrected chi connectivity index (χ2v) is 3.10. The molecule has 0 unspecified atom stereocenters. The van der Waals surface area contributed by atoms with Gasteiger partial charge in [-0.25, -0.2) is 9.50 Å². The molecule has 2 aromatic heterocycles. The van der Waals surface area contributed by atoms with Crippen LogP contribution in [0.4, 0.5) is 0 Å². The van der Waals surface area contributed by atoms with Crippen LogP contribution < -0.4 is 0 Å². The van der Waals surface area contributed by atoms with Crippen LogP contribution in [0.1, 0.15) is 11.4 Å². The maximum atomic E-state index is 5.94. The molecule has 2 heterocycles. The predicted octanol–water partition coefficient (Wildman–Crippen LogP) is 2.00. The highest BCUT2D eigenvalue weighted by atomic mass is 35.5. The average molecular weight is 182 g/mol. The fourth-order valence-electron chi connectivity index (χ4n) is 1.23. The van der Waals surface area contributed by atoms with Crippen LogP contribution in [0, 0.1) is 13.8 Å². The molecule has 0 saturated heterocycles. The minimum Gasteiger partial charge on any atom is -0.236 e. The lowest BCUT2D eigenvalue weighted by Crippen LogP contribution is -1.97. The molecule has 0 aliphatic carbocycles. The summed E-state index contributed by atoms with van der Waals surface area (Å²) in [5.41, 5.74) is 1.99. The Kier molecular flexibility index (Phi) is 1.54. The summed E-state index contributed by atoms with van der Waals surface area (Å²) in [6.45, 7) is 3.81. The summed E-state index contributed by atoms with van der Waals surface area (Å²) in [7, 11) is 0. The molecule has 4 heteroatoms. The third-order valence-electron chi connectivity index (χ3n) is 1.78. The van der Waals surface area contributed by atoms with Crippen molar-refractivity contribution in [3.8, 4) is 0 Å². The molecule has 3 nitrogen and oxygen atoms in total. The molecule has 0 aromatic carbocycles. The average Bonchev–Trinajstić information content (AvgIpc) is 2.31. The molecule has 0 N–H and O–H groups in total. The fraction of sp³-hybridized carbons (Fsp3) is 0.250. The zero-order valence-electron chi connectivity index (χ0n) is 6.87. The van der Waals surface area contributed by atoms with E-state index in [9.17, 15) is 0 Å². The van der Waals surface area contributed by atoms with Gasteiger partial charge in [-0.2, -0.15) is 5.10 Å². The maximum absolute atomic E-state index is 5.94. The number of aryl methyl sites for hydroxylation is 2. The quantitative estimate of drug-likeness (QED) is 0.622. The molecule has 0 aliphatic rings. The zero-order chi connectivity index (χ0) is 8.72. The van der Waals surface area contributed by atoms with E-state index >= 15 is 0 Å². The third-order valence-corrected chi connectivity index (χ3v) is 2.04. The molecular weight excluding hydrogens is 174 g/mol. The van der Waals surface area contributed by atoms with Crippen molar-refractivity contribution in [2.75, 3.05) is 0 Å². The topological polar surface area (TPSA) is 30.2 Å². The molecule has 0 bridgehead atoms. The number of rotatable bonds is 0. The molecule has 12 heavy (non-hydrogen) atoms. The standard InChI is InChI=1S/C8H8ClN3/c1-5-3-4-12-7(5)8(9)10-6(2)11-12/h3-4H,1-2H3. The summed E-state index contributed by atoms with van der Waals surface area (Å²) >= 11 is 5.94. The summed E-state index contributed by atoms with van der Waals surface area (Å²) in [5.74, 6) is 0.683. The molecule has 0 radical (unpaired) electrons. The van der Waals surface area contributed by atoms with Crippen LogP contribution in [-0.4, -0.2) is 14.6 Å². The van der Waals surface area contributed by atoms with Gasteiger partial charge in [-0.1, -0.05) is 11.6 Å². The van der Waals surface area contributed by atoms with Gasteiger partial charge in [0.05, 0.1) is 0 Å². The molecule has 0 amide bonds. The first-order valence-corrected chi connectivity index (χ1v) is 4.04. The molecule has 0 atom stereocenters. The van der Waals surface area contributed by atoms with Gasteiger partial charge in [0.15, 0.2) is 5.15 Å². The van der Waals surface area contributed by atoms with Crippen LogP contribution in [0.5, 0.6) is 0 Å². The van der Waals surface area contributed by atoms with Crippen molar-refractivity contribution in [3.63, 3.8) is 0 Å². The number of halogens is 1. The summed E-state index contributed by atoms with van der Waals surface area (Å²) in [4.78, 5) is 4.07. The Morgan fingerprint density at radius 2 is 2.17 bits per heavy atom. The van der Waals surface area contributed by atoms with E-state index in [2.05, 4.69) is 10.1 Å². The van der Waals surface area contributed by atoms with Gasteiger partial charge in [0, 0.05) is 6.20 Å². The first-order chi connectivity index (χ1) is 5.68. The summed E-state index contributed by atoms with van der Waals surface area (Å²) in [6.07, 6.45) is 1.88. The van der Waals surface area contributed by atoms with E-state index in [4.69, 9.17) is 11.6 Å². The SMILES string of the molecule is Cc1nc(Cl)c2c(C)ccn2n1. The lowest BCUT2D eigenvalue weighted by Gasteiger charge is -1.98. The number of hydrogen-bond acceptors (Lipinski definition) is 2. The van der Waals surface area contributed by atoms with Gasteiger partial charge < -0.3 is 0 Å². The second kappa shape index (κ2) is 2.45. The van der Waals surface area contributed by atoms with Crippen molar-refractivity contribution in [2.24, 2.45) is 0 Å². The Morgan fingerprint density at radius 1 is 1.42 bits per heavy atom. The van der Waals surface area contributed by atoms with Gasteiger partial charge in [-0.15, -0.1) is 0 Å². The Hall–Kier alpha value is -1.09. The number of nitrogens with zero attached hydrogens (tertiary/aromatic N) is 3. The van der Waals surface area contributed by atoms with Crippen molar-refractivity contribution < 1.29 is 0 Å². The minimum atomic E-state index is 0.519. The Morgan fingerprint density at radius 3 is 2.92 bits per heavy atom. The van der Waals surface area contributed by atoms with Crippen molar-refractivity contribution >= 4 is 17.1 Å². The summed E-state index contributed by atoms with van der Waals surface area (Å²) in [5, 5.41) is 4.70. The van der Waals surface area contributed by atoms with Crippen LogP contribution in [0.15, 0.2) is 12.3 Å². The smallest absolute Gasteiger partial charge is 0.157 e. The monoisotopic (exact) mass is 181 g/mol. The largest absolute Gasteiger partial charge is 0.236 e. The highest BCUT2D eigenvalue weighted by molar-refractivity contribution is 6.32. The molecule has 0 spiro atoms. The molecule has 0 saturated carbocycles. The minimum absolute atomic E-state index is 0.519. The first kappa shape index (κ1) is 7.55. The lowest BCUT2D eigenvalue weighted by atomic mass is 10.3. The predicted molar refractivity (Wildman–Crippen MR) is 47.5 cm³/mol. The molecular formula is C8H8ClN3. The summed E-state index contributed by atoms with van der Waals surface area (Å²) in [6, 6.07) is 1.97. The first-order valence-electron chi connectivity index (χ1n) is 3.66. The Labute approximate surface area is 75.0 Å². The molecule has 2 rings (SSSR count). The fourth-order valence-corrected chi connectivity index (χ4v) is 1.59. The van der Waals surface area contributed by atoms with Gasteiger partial charge >= 0.3 is 0 Å². The van der Waals surface area contributed by atoms with Crippen LogP contribution >= 0.6 is 11.6 Å². The molecule has 62 valence electrons. The molecule has 0 aliphatic heterocycles. The van der Waals surface area contributed by atoms with Gasteiger partial charge in [-0.3, -0.25) is 0 Å².